The van der Waals surface area contributed by atoms with Crippen LogP contribution >= 0.6 is 0 Å². The van der Waals surface area contributed by atoms with Crippen LogP contribution in [0.15, 0.2) is 0 Å². The van der Waals surface area contributed by atoms with Crippen LogP contribution in [0.2, 0.25) is 0 Å². The highest BCUT2D eigenvalue weighted by molar-refractivity contribution is 5.83. The standard InChI is InChI=1S/C11H21N3O4/c1-7(2)14(6-9(12)15)11(18)13-5-8(3)4-10(16)17/h7-8H,4-6H2,1-3H3,(H2,12,15)(H,13,18)(H,16,17). The zero-order valence-electron chi connectivity index (χ0n) is 11.0. The van der Waals surface area contributed by atoms with Crippen molar-refractivity contribution in [2.24, 2.45) is 11.7 Å². The Labute approximate surface area is 106 Å². The first-order chi connectivity index (χ1) is 8.23. The smallest absolute Gasteiger partial charge is 0.318 e. The average Bonchev–Trinajstić information content (AvgIpc) is 2.21. The maximum Gasteiger partial charge on any atom is 0.318 e. The molecule has 0 aliphatic carbocycles. The molecule has 3 amide bonds. The third-order valence-electron chi connectivity index (χ3n) is 2.34. The molecule has 0 aromatic rings. The molecule has 0 saturated heterocycles. The lowest BCUT2D eigenvalue weighted by atomic mass is 10.1. The third kappa shape index (κ3) is 6.72. The van der Waals surface area contributed by atoms with E-state index in [1.54, 1.807) is 20.8 Å². The molecule has 7 nitrogen and oxygen atoms in total. The maximum absolute atomic E-state index is 11.8. The minimum atomic E-state index is -0.908. The fraction of sp³-hybridized carbons (Fsp3) is 0.727. The SMILES string of the molecule is CC(CNC(=O)N(CC(N)=O)C(C)C)CC(=O)O. The van der Waals surface area contributed by atoms with Crippen LogP contribution in [-0.2, 0) is 9.59 Å². The first-order valence-corrected chi connectivity index (χ1v) is 5.78. The van der Waals surface area contributed by atoms with Gasteiger partial charge in [0.15, 0.2) is 0 Å². The number of carboxylic acids is 1. The van der Waals surface area contributed by atoms with Crippen molar-refractivity contribution < 1.29 is 19.5 Å². The molecule has 0 rings (SSSR count). The number of nitrogens with one attached hydrogen (secondary N) is 1. The molecular formula is C11H21N3O4. The van der Waals surface area contributed by atoms with E-state index in [0.29, 0.717) is 0 Å². The van der Waals surface area contributed by atoms with E-state index < -0.39 is 17.9 Å². The van der Waals surface area contributed by atoms with E-state index in [-0.39, 0.29) is 31.5 Å². The average molecular weight is 259 g/mol. The molecule has 1 atom stereocenters. The van der Waals surface area contributed by atoms with Gasteiger partial charge in [0.2, 0.25) is 5.91 Å². The maximum atomic E-state index is 11.8. The van der Waals surface area contributed by atoms with Gasteiger partial charge in [0.1, 0.15) is 6.54 Å². The monoisotopic (exact) mass is 259 g/mol. The molecule has 0 aliphatic rings. The molecule has 104 valence electrons. The van der Waals surface area contributed by atoms with Gasteiger partial charge in [-0.25, -0.2) is 4.79 Å². The number of amides is 3. The summed E-state index contributed by atoms with van der Waals surface area (Å²) >= 11 is 0. The Bertz CT molecular complexity index is 317. The van der Waals surface area contributed by atoms with E-state index in [1.165, 1.54) is 4.90 Å². The number of carbonyl (C=O) groups excluding carboxylic acids is 2. The molecule has 0 saturated carbocycles. The van der Waals surface area contributed by atoms with E-state index in [2.05, 4.69) is 5.32 Å². The minimum Gasteiger partial charge on any atom is -0.481 e. The number of carbonyl (C=O) groups is 3. The Morgan fingerprint density at radius 2 is 1.83 bits per heavy atom. The van der Waals surface area contributed by atoms with Crippen LogP contribution in [0.4, 0.5) is 4.79 Å². The number of nitrogens with two attached hydrogens (primary N) is 1. The van der Waals surface area contributed by atoms with Crippen molar-refractivity contribution in [1.29, 1.82) is 0 Å². The van der Waals surface area contributed by atoms with Crippen molar-refractivity contribution in [2.45, 2.75) is 33.2 Å². The summed E-state index contributed by atoms with van der Waals surface area (Å²) in [7, 11) is 0. The number of primary amides is 1. The van der Waals surface area contributed by atoms with Crippen molar-refractivity contribution in [1.82, 2.24) is 10.2 Å². The van der Waals surface area contributed by atoms with Crippen LogP contribution in [0.5, 0.6) is 0 Å². The third-order valence-corrected chi connectivity index (χ3v) is 2.34. The normalized spacial score (nSPS) is 12.0. The summed E-state index contributed by atoms with van der Waals surface area (Å²) in [4.78, 5) is 34.4. The number of aliphatic carboxylic acids is 1. The first kappa shape index (κ1) is 16.2. The Kier molecular flexibility index (Phi) is 6.77. The fourth-order valence-corrected chi connectivity index (χ4v) is 1.39. The molecule has 7 heteroatoms. The molecule has 0 spiro atoms. The van der Waals surface area contributed by atoms with E-state index in [1.807, 2.05) is 0 Å². The van der Waals surface area contributed by atoms with Gasteiger partial charge in [-0.05, 0) is 19.8 Å². The summed E-state index contributed by atoms with van der Waals surface area (Å²) in [6.07, 6.45) is -0.0161. The number of urea groups is 1. The van der Waals surface area contributed by atoms with Crippen LogP contribution in [-0.4, -0.2) is 47.0 Å². The van der Waals surface area contributed by atoms with E-state index in [0.717, 1.165) is 0 Å². The molecule has 4 N–H and O–H groups in total. The van der Waals surface area contributed by atoms with E-state index in [4.69, 9.17) is 10.8 Å². The minimum absolute atomic E-state index is 0.0161. The van der Waals surface area contributed by atoms with Gasteiger partial charge in [-0.2, -0.15) is 0 Å². The van der Waals surface area contributed by atoms with Crippen molar-refractivity contribution in [3.63, 3.8) is 0 Å². The molecule has 0 aliphatic heterocycles. The number of hydrogen-bond acceptors (Lipinski definition) is 3. The van der Waals surface area contributed by atoms with Crippen LogP contribution in [0, 0.1) is 5.92 Å². The second kappa shape index (κ2) is 7.52. The van der Waals surface area contributed by atoms with Crippen LogP contribution in [0.25, 0.3) is 0 Å². The Balaban J connectivity index is 4.26. The van der Waals surface area contributed by atoms with E-state index in [9.17, 15) is 14.4 Å². The summed E-state index contributed by atoms with van der Waals surface area (Å²) in [5.74, 6) is -1.67. The predicted octanol–water partition coefficient (Wildman–Crippen LogP) is 0.00250. The van der Waals surface area contributed by atoms with Crippen molar-refractivity contribution in [3.05, 3.63) is 0 Å². The molecule has 0 bridgehead atoms. The summed E-state index contributed by atoms with van der Waals surface area (Å²) in [6, 6.07) is -0.576. The summed E-state index contributed by atoms with van der Waals surface area (Å²) in [6.45, 7) is 5.35. The summed E-state index contributed by atoms with van der Waals surface area (Å²) in [5.41, 5.74) is 5.05. The number of nitrogens with zero attached hydrogens (tertiary/aromatic N) is 1. The topological polar surface area (TPSA) is 113 Å². The molecule has 1 unspecified atom stereocenters. The van der Waals surface area contributed by atoms with Crippen molar-refractivity contribution in [3.8, 4) is 0 Å². The molecule has 0 fully saturated rings. The lowest BCUT2D eigenvalue weighted by Gasteiger charge is -2.26. The highest BCUT2D eigenvalue weighted by Crippen LogP contribution is 2.02. The zero-order chi connectivity index (χ0) is 14.3. The molecule has 0 aromatic carbocycles. The molecular weight excluding hydrogens is 238 g/mol. The molecule has 0 radical (unpaired) electrons. The van der Waals surface area contributed by atoms with Crippen LogP contribution < -0.4 is 11.1 Å². The highest BCUT2D eigenvalue weighted by atomic mass is 16.4. The van der Waals surface area contributed by atoms with E-state index >= 15 is 0 Å². The number of rotatable bonds is 7. The first-order valence-electron chi connectivity index (χ1n) is 5.78. The number of hydrogen-bond donors (Lipinski definition) is 3. The van der Waals surface area contributed by atoms with Gasteiger partial charge in [0.25, 0.3) is 0 Å². The second-order valence-corrected chi connectivity index (χ2v) is 4.58. The highest BCUT2D eigenvalue weighted by Gasteiger charge is 2.19. The second-order valence-electron chi connectivity index (χ2n) is 4.58. The molecule has 0 heterocycles. The predicted molar refractivity (Wildman–Crippen MR) is 65.9 cm³/mol. The molecule has 18 heavy (non-hydrogen) atoms. The lowest BCUT2D eigenvalue weighted by molar-refractivity contribution is -0.137. The number of carboxylic acid groups (broad SMARTS) is 1. The van der Waals surface area contributed by atoms with Crippen molar-refractivity contribution >= 4 is 17.9 Å². The van der Waals surface area contributed by atoms with Gasteiger partial charge in [-0.15, -0.1) is 0 Å². The summed E-state index contributed by atoms with van der Waals surface area (Å²) in [5, 5.41) is 11.2. The zero-order valence-corrected chi connectivity index (χ0v) is 11.0. The lowest BCUT2D eigenvalue weighted by Crippen LogP contribution is -2.48. The largest absolute Gasteiger partial charge is 0.481 e. The quantitative estimate of drug-likeness (QED) is 0.597. The van der Waals surface area contributed by atoms with Gasteiger partial charge in [-0.1, -0.05) is 6.92 Å². The van der Waals surface area contributed by atoms with Crippen LogP contribution in [0.3, 0.4) is 0 Å². The Morgan fingerprint density at radius 3 is 2.22 bits per heavy atom. The summed E-state index contributed by atoms with van der Waals surface area (Å²) < 4.78 is 0. The van der Waals surface area contributed by atoms with Gasteiger partial charge in [-0.3, -0.25) is 9.59 Å². The van der Waals surface area contributed by atoms with Gasteiger partial charge in [0.05, 0.1) is 0 Å². The van der Waals surface area contributed by atoms with Gasteiger partial charge >= 0.3 is 12.0 Å². The van der Waals surface area contributed by atoms with Gasteiger partial charge in [0, 0.05) is 19.0 Å². The Hall–Kier alpha value is -1.79. The fourth-order valence-electron chi connectivity index (χ4n) is 1.39. The van der Waals surface area contributed by atoms with Crippen molar-refractivity contribution in [2.75, 3.05) is 13.1 Å². The van der Waals surface area contributed by atoms with Crippen LogP contribution in [0.1, 0.15) is 27.2 Å². The van der Waals surface area contributed by atoms with Gasteiger partial charge < -0.3 is 21.1 Å². The molecule has 0 aromatic heterocycles. The Morgan fingerprint density at radius 1 is 1.28 bits per heavy atom.